The highest BCUT2D eigenvalue weighted by Gasteiger charge is 2.33. The molecule has 0 fully saturated rings. The first kappa shape index (κ1) is 20.8. The molecule has 5 nitrogen and oxygen atoms in total. The van der Waals surface area contributed by atoms with Gasteiger partial charge in [0.25, 0.3) is 5.91 Å². The standard InChI is InChI=1S/C20H18F3N3O2/c1-13(14-7-9-16(28-2)10-8-14)25-12-15(11-24)19(27)26-18-6-4-3-5-17(18)20(21,22)23/h3-10,12-13,25H,1-2H3,(H,26,27)/b15-12-. The second-order valence-electron chi connectivity index (χ2n) is 5.83. The van der Waals surface area contributed by atoms with Gasteiger partial charge in [-0.2, -0.15) is 18.4 Å². The molecule has 1 atom stereocenters. The van der Waals surface area contributed by atoms with Crippen LogP contribution in [-0.4, -0.2) is 13.0 Å². The maximum absolute atomic E-state index is 13.0. The summed E-state index contributed by atoms with van der Waals surface area (Å²) in [5, 5.41) is 14.2. The second-order valence-corrected chi connectivity index (χ2v) is 5.83. The minimum Gasteiger partial charge on any atom is -0.497 e. The third-order valence-corrected chi connectivity index (χ3v) is 3.94. The molecule has 0 heterocycles. The van der Waals surface area contributed by atoms with Gasteiger partial charge in [0, 0.05) is 12.2 Å². The average molecular weight is 389 g/mol. The van der Waals surface area contributed by atoms with Crippen LogP contribution in [0.2, 0.25) is 0 Å². The van der Waals surface area contributed by atoms with E-state index in [0.29, 0.717) is 5.75 Å². The Kier molecular flexibility index (Phi) is 6.66. The van der Waals surface area contributed by atoms with Crippen molar-refractivity contribution in [2.75, 3.05) is 12.4 Å². The van der Waals surface area contributed by atoms with E-state index in [1.807, 2.05) is 19.1 Å². The number of amides is 1. The lowest BCUT2D eigenvalue weighted by Gasteiger charge is -2.15. The van der Waals surface area contributed by atoms with Crippen molar-refractivity contribution in [1.29, 1.82) is 5.26 Å². The Morgan fingerprint density at radius 3 is 2.39 bits per heavy atom. The summed E-state index contributed by atoms with van der Waals surface area (Å²) in [7, 11) is 1.55. The molecule has 8 heteroatoms. The first-order chi connectivity index (χ1) is 13.3. The lowest BCUT2D eigenvalue weighted by Crippen LogP contribution is -2.20. The molecule has 0 aromatic heterocycles. The van der Waals surface area contributed by atoms with Gasteiger partial charge >= 0.3 is 6.18 Å². The molecule has 0 aliphatic carbocycles. The summed E-state index contributed by atoms with van der Waals surface area (Å²) in [6, 6.07) is 13.2. The molecule has 2 aromatic carbocycles. The maximum atomic E-state index is 13.0. The average Bonchev–Trinajstić information content (AvgIpc) is 2.68. The maximum Gasteiger partial charge on any atom is 0.418 e. The topological polar surface area (TPSA) is 74.1 Å². The molecule has 1 amide bonds. The van der Waals surface area contributed by atoms with Crippen molar-refractivity contribution in [2.45, 2.75) is 19.1 Å². The Balaban J connectivity index is 2.12. The predicted octanol–water partition coefficient (Wildman–Crippen LogP) is 4.41. The minimum absolute atomic E-state index is 0.246. The number of ether oxygens (including phenoxy) is 1. The zero-order chi connectivity index (χ0) is 20.7. The Bertz CT molecular complexity index is 900. The van der Waals surface area contributed by atoms with Crippen LogP contribution in [0.1, 0.15) is 24.1 Å². The Morgan fingerprint density at radius 1 is 1.18 bits per heavy atom. The number of anilines is 1. The molecular formula is C20H18F3N3O2. The number of nitrogens with one attached hydrogen (secondary N) is 2. The van der Waals surface area contributed by atoms with Crippen molar-refractivity contribution in [1.82, 2.24) is 5.32 Å². The van der Waals surface area contributed by atoms with Gasteiger partial charge in [-0.1, -0.05) is 24.3 Å². The number of hydrogen-bond donors (Lipinski definition) is 2. The van der Waals surface area contributed by atoms with Gasteiger partial charge in [0.05, 0.1) is 18.4 Å². The van der Waals surface area contributed by atoms with E-state index in [9.17, 15) is 23.2 Å². The fraction of sp³-hybridized carbons (Fsp3) is 0.200. The Morgan fingerprint density at radius 2 is 1.82 bits per heavy atom. The quantitative estimate of drug-likeness (QED) is 0.567. The van der Waals surface area contributed by atoms with Crippen LogP contribution in [0.3, 0.4) is 0 Å². The van der Waals surface area contributed by atoms with E-state index >= 15 is 0 Å². The molecule has 0 saturated carbocycles. The highest BCUT2D eigenvalue weighted by Crippen LogP contribution is 2.34. The fourth-order valence-corrected chi connectivity index (χ4v) is 2.37. The van der Waals surface area contributed by atoms with Gasteiger partial charge in [0.2, 0.25) is 0 Å². The lowest BCUT2D eigenvalue weighted by molar-refractivity contribution is -0.137. The zero-order valence-electron chi connectivity index (χ0n) is 15.2. The molecular weight excluding hydrogens is 371 g/mol. The number of methoxy groups -OCH3 is 1. The van der Waals surface area contributed by atoms with E-state index in [-0.39, 0.29) is 11.6 Å². The summed E-state index contributed by atoms with van der Waals surface area (Å²) in [6.45, 7) is 1.81. The molecule has 1 unspecified atom stereocenters. The van der Waals surface area contributed by atoms with Crippen LogP contribution in [-0.2, 0) is 11.0 Å². The van der Waals surface area contributed by atoms with Gasteiger partial charge in [-0.3, -0.25) is 4.79 Å². The van der Waals surface area contributed by atoms with Gasteiger partial charge in [-0.25, -0.2) is 0 Å². The fourth-order valence-electron chi connectivity index (χ4n) is 2.37. The molecule has 0 radical (unpaired) electrons. The van der Waals surface area contributed by atoms with Crippen LogP contribution >= 0.6 is 0 Å². The van der Waals surface area contributed by atoms with Crippen LogP contribution in [0.25, 0.3) is 0 Å². The van der Waals surface area contributed by atoms with Crippen molar-refractivity contribution in [3.05, 3.63) is 71.4 Å². The summed E-state index contributed by atoms with van der Waals surface area (Å²) >= 11 is 0. The van der Waals surface area contributed by atoms with Gasteiger partial charge < -0.3 is 15.4 Å². The normalized spacial score (nSPS) is 12.6. The largest absolute Gasteiger partial charge is 0.497 e. The van der Waals surface area contributed by atoms with Crippen LogP contribution in [0, 0.1) is 11.3 Å². The molecule has 28 heavy (non-hydrogen) atoms. The van der Waals surface area contributed by atoms with E-state index in [1.165, 1.54) is 18.3 Å². The second kappa shape index (κ2) is 8.95. The SMILES string of the molecule is COc1ccc(C(C)N/C=C(/C#N)C(=O)Nc2ccccc2C(F)(F)F)cc1. The number of halogens is 3. The summed E-state index contributed by atoms with van der Waals surface area (Å²) in [6.07, 6.45) is -3.44. The number of para-hydroxylation sites is 1. The molecule has 0 spiro atoms. The van der Waals surface area contributed by atoms with Gasteiger partial charge in [0.1, 0.15) is 17.4 Å². The number of carbonyl (C=O) groups excluding carboxylic acids is 1. The Hall–Kier alpha value is -3.47. The summed E-state index contributed by atoms with van der Waals surface area (Å²) < 4.78 is 44.2. The van der Waals surface area contributed by atoms with Gasteiger partial charge in [0.15, 0.2) is 0 Å². The molecule has 0 saturated heterocycles. The van der Waals surface area contributed by atoms with Gasteiger partial charge in [-0.05, 0) is 36.8 Å². The monoisotopic (exact) mass is 389 g/mol. The summed E-state index contributed by atoms with van der Waals surface area (Å²) in [5.74, 6) is -0.249. The first-order valence-electron chi connectivity index (χ1n) is 8.24. The van der Waals surface area contributed by atoms with Crippen LogP contribution in [0.4, 0.5) is 18.9 Å². The van der Waals surface area contributed by atoms with Crippen molar-refractivity contribution in [2.24, 2.45) is 0 Å². The van der Waals surface area contributed by atoms with Crippen molar-refractivity contribution < 1.29 is 22.7 Å². The molecule has 0 bridgehead atoms. The Labute approximate surface area is 160 Å². The number of benzene rings is 2. The molecule has 2 N–H and O–H groups in total. The smallest absolute Gasteiger partial charge is 0.418 e. The molecule has 2 aromatic rings. The predicted molar refractivity (Wildman–Crippen MR) is 98.3 cm³/mol. The molecule has 2 rings (SSSR count). The van der Waals surface area contributed by atoms with Crippen molar-refractivity contribution in [3.8, 4) is 11.8 Å². The third-order valence-electron chi connectivity index (χ3n) is 3.94. The third kappa shape index (κ3) is 5.27. The van der Waals surface area contributed by atoms with Crippen LogP contribution in [0.15, 0.2) is 60.3 Å². The highest BCUT2D eigenvalue weighted by atomic mass is 19.4. The van der Waals surface area contributed by atoms with E-state index < -0.39 is 23.3 Å². The highest BCUT2D eigenvalue weighted by molar-refractivity contribution is 6.06. The zero-order valence-corrected chi connectivity index (χ0v) is 15.2. The number of hydrogen-bond acceptors (Lipinski definition) is 4. The molecule has 146 valence electrons. The first-order valence-corrected chi connectivity index (χ1v) is 8.24. The number of alkyl halides is 3. The van der Waals surface area contributed by atoms with Crippen LogP contribution < -0.4 is 15.4 Å². The number of rotatable bonds is 6. The summed E-state index contributed by atoms with van der Waals surface area (Å²) in [5.41, 5.74) is -0.876. The van der Waals surface area contributed by atoms with E-state index in [1.54, 1.807) is 25.3 Å². The van der Waals surface area contributed by atoms with Crippen molar-refractivity contribution in [3.63, 3.8) is 0 Å². The minimum atomic E-state index is -4.62. The van der Waals surface area contributed by atoms with E-state index in [0.717, 1.165) is 17.7 Å². The summed E-state index contributed by atoms with van der Waals surface area (Å²) in [4.78, 5) is 12.2. The molecule has 0 aliphatic heterocycles. The number of carbonyl (C=O) groups is 1. The van der Waals surface area contributed by atoms with Crippen LogP contribution in [0.5, 0.6) is 5.75 Å². The van der Waals surface area contributed by atoms with E-state index in [4.69, 9.17) is 4.74 Å². The molecule has 0 aliphatic rings. The number of nitrogens with zero attached hydrogens (tertiary/aromatic N) is 1. The lowest BCUT2D eigenvalue weighted by atomic mass is 10.1. The van der Waals surface area contributed by atoms with Gasteiger partial charge in [-0.15, -0.1) is 0 Å². The number of nitriles is 1. The van der Waals surface area contributed by atoms with Crippen molar-refractivity contribution >= 4 is 11.6 Å². The van der Waals surface area contributed by atoms with E-state index in [2.05, 4.69) is 10.6 Å².